The van der Waals surface area contributed by atoms with E-state index in [1.807, 2.05) is 0 Å². The van der Waals surface area contributed by atoms with Crippen LogP contribution in [0, 0.1) is 0 Å². The van der Waals surface area contributed by atoms with Gasteiger partial charge in [-0.1, -0.05) is 6.07 Å². The molecule has 0 unspecified atom stereocenters. The number of carbonyl (C=O) groups is 1. The second-order valence-corrected chi connectivity index (χ2v) is 6.17. The third-order valence-electron chi connectivity index (χ3n) is 4.28. The quantitative estimate of drug-likeness (QED) is 0.899. The van der Waals surface area contributed by atoms with E-state index in [2.05, 4.69) is 15.3 Å². The number of hydrogen-bond acceptors (Lipinski definition) is 4. The van der Waals surface area contributed by atoms with Crippen LogP contribution in [0.15, 0.2) is 42.7 Å². The zero-order valence-corrected chi connectivity index (χ0v) is 13.9. The van der Waals surface area contributed by atoms with Gasteiger partial charge in [0.05, 0.1) is 5.56 Å². The number of amides is 1. The van der Waals surface area contributed by atoms with Crippen LogP contribution < -0.4 is 10.1 Å². The topological polar surface area (TPSA) is 64.1 Å². The van der Waals surface area contributed by atoms with E-state index in [-0.39, 0.29) is 17.7 Å². The summed E-state index contributed by atoms with van der Waals surface area (Å²) >= 11 is 0. The molecule has 1 aromatic heterocycles. The van der Waals surface area contributed by atoms with E-state index in [4.69, 9.17) is 4.74 Å². The average Bonchev–Trinajstić information content (AvgIpc) is 2.63. The van der Waals surface area contributed by atoms with Crippen LogP contribution in [0.4, 0.5) is 13.2 Å². The van der Waals surface area contributed by atoms with Crippen molar-refractivity contribution in [2.45, 2.75) is 44.0 Å². The molecular weight excluding hydrogens is 347 g/mol. The molecule has 0 aliphatic heterocycles. The Hall–Kier alpha value is -2.64. The summed E-state index contributed by atoms with van der Waals surface area (Å²) in [5.74, 6) is -0.494. The molecule has 1 N–H and O–H groups in total. The van der Waals surface area contributed by atoms with E-state index in [9.17, 15) is 18.0 Å². The van der Waals surface area contributed by atoms with Crippen molar-refractivity contribution in [1.29, 1.82) is 0 Å². The van der Waals surface area contributed by atoms with Gasteiger partial charge in [-0.2, -0.15) is 13.2 Å². The van der Waals surface area contributed by atoms with Crippen molar-refractivity contribution in [2.75, 3.05) is 0 Å². The van der Waals surface area contributed by atoms with Gasteiger partial charge < -0.3 is 10.1 Å². The minimum absolute atomic E-state index is 0.0101. The summed E-state index contributed by atoms with van der Waals surface area (Å²) in [6.07, 6.45) is 1.50. The van der Waals surface area contributed by atoms with E-state index in [0.717, 1.165) is 12.1 Å². The van der Waals surface area contributed by atoms with E-state index < -0.39 is 17.6 Å². The van der Waals surface area contributed by atoms with Gasteiger partial charge in [-0.3, -0.25) is 4.79 Å². The van der Waals surface area contributed by atoms with Crippen LogP contribution in [0.3, 0.4) is 0 Å². The molecule has 0 bridgehead atoms. The molecule has 0 radical (unpaired) electrons. The van der Waals surface area contributed by atoms with E-state index >= 15 is 0 Å². The van der Waals surface area contributed by atoms with Crippen molar-refractivity contribution in [2.24, 2.45) is 0 Å². The normalized spacial score (nSPS) is 20.4. The molecule has 26 heavy (non-hydrogen) atoms. The number of rotatable bonds is 4. The maximum Gasteiger partial charge on any atom is 0.416 e. The fraction of sp³-hybridized carbons (Fsp3) is 0.389. The van der Waals surface area contributed by atoms with Crippen LogP contribution in [-0.2, 0) is 6.18 Å². The fourth-order valence-corrected chi connectivity index (χ4v) is 2.93. The van der Waals surface area contributed by atoms with Gasteiger partial charge in [0.2, 0.25) is 0 Å². The maximum atomic E-state index is 12.8. The van der Waals surface area contributed by atoms with Crippen LogP contribution in [-0.4, -0.2) is 28.0 Å². The smallest absolute Gasteiger partial charge is 0.416 e. The SMILES string of the molecule is O=C(NC1CCC(Oc2ncccn2)CC1)c1cccc(C(F)(F)F)c1. The van der Waals surface area contributed by atoms with Gasteiger partial charge in [0.15, 0.2) is 0 Å². The Labute approximate surface area is 148 Å². The molecule has 3 rings (SSSR count). The zero-order valence-electron chi connectivity index (χ0n) is 13.9. The number of benzene rings is 1. The van der Waals surface area contributed by atoms with Gasteiger partial charge in [0.1, 0.15) is 6.10 Å². The Morgan fingerprint density at radius 3 is 2.42 bits per heavy atom. The predicted molar refractivity (Wildman–Crippen MR) is 87.6 cm³/mol. The molecule has 0 spiro atoms. The number of hydrogen-bond donors (Lipinski definition) is 1. The van der Waals surface area contributed by atoms with Gasteiger partial charge in [-0.05, 0) is 49.9 Å². The largest absolute Gasteiger partial charge is 0.460 e. The van der Waals surface area contributed by atoms with Crippen molar-refractivity contribution in [1.82, 2.24) is 15.3 Å². The predicted octanol–water partition coefficient (Wildman–Crippen LogP) is 3.62. The molecule has 1 amide bonds. The molecule has 1 fully saturated rings. The monoisotopic (exact) mass is 365 g/mol. The molecule has 1 heterocycles. The number of nitrogens with zero attached hydrogens (tertiary/aromatic N) is 2. The van der Waals surface area contributed by atoms with E-state index in [1.165, 1.54) is 12.1 Å². The van der Waals surface area contributed by atoms with Gasteiger partial charge >= 0.3 is 12.2 Å². The third kappa shape index (κ3) is 4.71. The van der Waals surface area contributed by atoms with E-state index in [1.54, 1.807) is 18.5 Å². The Bertz CT molecular complexity index is 745. The lowest BCUT2D eigenvalue weighted by molar-refractivity contribution is -0.137. The summed E-state index contributed by atoms with van der Waals surface area (Å²) in [5.41, 5.74) is -0.819. The second kappa shape index (κ2) is 7.72. The highest BCUT2D eigenvalue weighted by molar-refractivity contribution is 5.94. The minimum Gasteiger partial charge on any atom is -0.460 e. The van der Waals surface area contributed by atoms with Crippen molar-refractivity contribution in [3.63, 3.8) is 0 Å². The van der Waals surface area contributed by atoms with Crippen LogP contribution in [0.25, 0.3) is 0 Å². The zero-order chi connectivity index (χ0) is 18.6. The Morgan fingerprint density at radius 2 is 1.77 bits per heavy atom. The van der Waals surface area contributed by atoms with Gasteiger partial charge in [0, 0.05) is 24.0 Å². The molecule has 1 aliphatic rings. The lowest BCUT2D eigenvalue weighted by Crippen LogP contribution is -2.39. The van der Waals surface area contributed by atoms with Crippen molar-refractivity contribution in [3.05, 3.63) is 53.9 Å². The molecule has 5 nitrogen and oxygen atoms in total. The highest BCUT2D eigenvalue weighted by Gasteiger charge is 2.31. The van der Waals surface area contributed by atoms with Crippen LogP contribution >= 0.6 is 0 Å². The number of carbonyl (C=O) groups excluding carboxylic acids is 1. The van der Waals surface area contributed by atoms with Crippen molar-refractivity contribution >= 4 is 5.91 Å². The number of ether oxygens (including phenoxy) is 1. The Morgan fingerprint density at radius 1 is 1.08 bits per heavy atom. The fourth-order valence-electron chi connectivity index (χ4n) is 2.93. The first-order valence-corrected chi connectivity index (χ1v) is 8.33. The molecule has 8 heteroatoms. The summed E-state index contributed by atoms with van der Waals surface area (Å²) in [5, 5.41) is 2.81. The first kappa shape index (κ1) is 18.2. The van der Waals surface area contributed by atoms with Crippen LogP contribution in [0.2, 0.25) is 0 Å². The molecule has 1 saturated carbocycles. The standard InChI is InChI=1S/C18H18F3N3O2/c19-18(20,21)13-4-1-3-12(11-13)16(25)24-14-5-7-15(8-6-14)26-17-22-9-2-10-23-17/h1-4,9-11,14-15H,5-8H2,(H,24,25). The van der Waals surface area contributed by atoms with Crippen LogP contribution in [0.1, 0.15) is 41.6 Å². The summed E-state index contributed by atoms with van der Waals surface area (Å²) in [6, 6.07) is 6.38. The highest BCUT2D eigenvalue weighted by Crippen LogP contribution is 2.29. The summed E-state index contributed by atoms with van der Waals surface area (Å²) < 4.78 is 44.0. The molecule has 2 aromatic rings. The van der Waals surface area contributed by atoms with Gasteiger partial charge in [-0.25, -0.2) is 9.97 Å². The Kier molecular flexibility index (Phi) is 5.39. The Balaban J connectivity index is 1.52. The molecule has 138 valence electrons. The van der Waals surface area contributed by atoms with Crippen molar-refractivity contribution < 1.29 is 22.7 Å². The lowest BCUT2D eigenvalue weighted by atomic mass is 9.92. The molecule has 0 atom stereocenters. The number of nitrogens with one attached hydrogen (secondary N) is 1. The third-order valence-corrected chi connectivity index (χ3v) is 4.28. The second-order valence-electron chi connectivity index (χ2n) is 6.17. The number of alkyl halides is 3. The molecule has 1 aliphatic carbocycles. The first-order valence-electron chi connectivity index (χ1n) is 8.33. The van der Waals surface area contributed by atoms with Gasteiger partial charge in [0.25, 0.3) is 5.91 Å². The first-order chi connectivity index (χ1) is 12.4. The minimum atomic E-state index is -4.47. The summed E-state index contributed by atoms with van der Waals surface area (Å²) in [6.45, 7) is 0. The highest BCUT2D eigenvalue weighted by atomic mass is 19.4. The van der Waals surface area contributed by atoms with Gasteiger partial charge in [-0.15, -0.1) is 0 Å². The summed E-state index contributed by atoms with van der Waals surface area (Å²) in [4.78, 5) is 20.3. The summed E-state index contributed by atoms with van der Waals surface area (Å²) in [7, 11) is 0. The van der Waals surface area contributed by atoms with Crippen molar-refractivity contribution in [3.8, 4) is 6.01 Å². The maximum absolute atomic E-state index is 12.8. The van der Waals surface area contributed by atoms with E-state index in [0.29, 0.717) is 31.7 Å². The van der Waals surface area contributed by atoms with Crippen LogP contribution in [0.5, 0.6) is 6.01 Å². The number of halogens is 3. The number of aromatic nitrogens is 2. The molecular formula is C18H18F3N3O2. The molecule has 0 saturated heterocycles. The average molecular weight is 365 g/mol. The lowest BCUT2D eigenvalue weighted by Gasteiger charge is -2.28. The molecule has 1 aromatic carbocycles.